The Hall–Kier alpha value is -0.570. The van der Waals surface area contributed by atoms with Gasteiger partial charge in [-0.25, -0.2) is 0 Å². The predicted molar refractivity (Wildman–Crippen MR) is 55.6 cm³/mol. The smallest absolute Gasteiger partial charge is 0.228 e. The van der Waals surface area contributed by atoms with Gasteiger partial charge >= 0.3 is 0 Å². The third-order valence-electron chi connectivity index (χ3n) is 2.67. The van der Waals surface area contributed by atoms with Gasteiger partial charge in [0.05, 0.1) is 5.41 Å². The molecule has 0 aromatic carbocycles. The molecule has 3 heteroatoms. The average molecular weight is 186 g/mol. The molecule has 3 nitrogen and oxygen atoms in total. The van der Waals surface area contributed by atoms with Crippen LogP contribution in [-0.2, 0) is 4.79 Å². The lowest BCUT2D eigenvalue weighted by atomic mass is 9.71. The zero-order chi connectivity index (χ0) is 10.5. The van der Waals surface area contributed by atoms with Crippen LogP contribution in [0.2, 0.25) is 0 Å². The first-order valence-corrected chi connectivity index (χ1v) is 5.06. The van der Waals surface area contributed by atoms with Crippen molar-refractivity contribution in [3.63, 3.8) is 0 Å². The van der Waals surface area contributed by atoms with Crippen LogP contribution in [0.4, 0.5) is 0 Å². The minimum absolute atomic E-state index is 0.130. The summed E-state index contributed by atoms with van der Waals surface area (Å²) < 4.78 is 0. The van der Waals surface area contributed by atoms with Crippen LogP contribution in [0.25, 0.3) is 0 Å². The molecule has 0 radical (unpaired) electrons. The molecular weight excluding hydrogens is 164 g/mol. The molecule has 0 aromatic heterocycles. The van der Waals surface area contributed by atoms with Gasteiger partial charge in [0.25, 0.3) is 0 Å². The molecule has 0 bridgehead atoms. The summed E-state index contributed by atoms with van der Waals surface area (Å²) in [5.41, 5.74) is -0.130. The Labute approximate surface area is 81.3 Å². The molecule has 0 saturated carbocycles. The minimum atomic E-state index is -0.130. The van der Waals surface area contributed by atoms with Crippen LogP contribution in [0.15, 0.2) is 0 Å². The molecule has 0 spiro atoms. The van der Waals surface area contributed by atoms with Gasteiger partial charge in [-0.2, -0.15) is 0 Å². The molecule has 0 aromatic rings. The summed E-state index contributed by atoms with van der Waals surface area (Å²) in [6.07, 6.45) is 0. The van der Waals surface area contributed by atoms with Crippen LogP contribution in [-0.4, -0.2) is 26.0 Å². The van der Waals surface area contributed by atoms with Crippen LogP contribution >= 0.6 is 0 Å². The molecule has 1 fully saturated rings. The summed E-state index contributed by atoms with van der Waals surface area (Å²) in [4.78, 5) is 11.4. The van der Waals surface area contributed by atoms with Crippen molar-refractivity contribution in [1.82, 2.24) is 10.6 Å². The lowest BCUT2D eigenvalue weighted by Crippen LogP contribution is -2.63. The topological polar surface area (TPSA) is 41.1 Å². The van der Waals surface area contributed by atoms with E-state index in [2.05, 4.69) is 24.5 Å². The number of carbonyl (C=O) groups is 1. The van der Waals surface area contributed by atoms with Crippen LogP contribution in [0.1, 0.15) is 27.7 Å². The van der Waals surface area contributed by atoms with Gasteiger partial charge in [-0.05, 0) is 5.92 Å². The largest absolute Gasteiger partial charge is 0.359 e. The van der Waals surface area contributed by atoms with Crippen LogP contribution < -0.4 is 10.6 Å². The Morgan fingerprint density at radius 2 is 1.85 bits per heavy atom. The first-order chi connectivity index (χ1) is 6.13. The maximum absolute atomic E-state index is 11.4. The number of amides is 1. The van der Waals surface area contributed by atoms with Crippen LogP contribution in [0.5, 0.6) is 0 Å². The van der Waals surface area contributed by atoms with E-state index in [1.807, 2.05) is 13.8 Å². The quantitative estimate of drug-likeness (QED) is 0.675. The maximum Gasteiger partial charge on any atom is 0.228 e. The molecule has 13 heavy (non-hydrogen) atoms. The van der Waals surface area contributed by atoms with E-state index in [0.29, 0.717) is 5.92 Å². The van der Waals surface area contributed by atoms with E-state index in [-0.39, 0.29) is 11.3 Å². The second-order valence-corrected chi connectivity index (χ2v) is 3.49. The van der Waals surface area contributed by atoms with Crippen molar-refractivity contribution in [3.8, 4) is 0 Å². The summed E-state index contributed by atoms with van der Waals surface area (Å²) >= 11 is 0. The van der Waals surface area contributed by atoms with E-state index in [0.717, 1.165) is 13.1 Å². The summed E-state index contributed by atoms with van der Waals surface area (Å²) in [5, 5.41) is 5.85. The van der Waals surface area contributed by atoms with Crippen molar-refractivity contribution in [2.24, 2.45) is 11.3 Å². The Bertz CT molecular complexity index is 162. The fourth-order valence-corrected chi connectivity index (χ4v) is 1.47. The number of nitrogens with one attached hydrogen (secondary N) is 2. The highest BCUT2D eigenvalue weighted by molar-refractivity contribution is 5.84. The average Bonchev–Trinajstić information content (AvgIpc) is 2.05. The van der Waals surface area contributed by atoms with Crippen LogP contribution in [0.3, 0.4) is 0 Å². The Balaban J connectivity index is 0.000000671. The van der Waals surface area contributed by atoms with Gasteiger partial charge in [0.2, 0.25) is 5.91 Å². The highest BCUT2D eigenvalue weighted by atomic mass is 16.2. The van der Waals surface area contributed by atoms with Gasteiger partial charge in [-0.1, -0.05) is 27.7 Å². The van der Waals surface area contributed by atoms with Crippen molar-refractivity contribution in [1.29, 1.82) is 0 Å². The van der Waals surface area contributed by atoms with Gasteiger partial charge in [0.1, 0.15) is 0 Å². The monoisotopic (exact) mass is 186 g/mol. The number of carbonyl (C=O) groups excluding carboxylic acids is 1. The summed E-state index contributed by atoms with van der Waals surface area (Å²) in [6.45, 7) is 9.83. The third kappa shape index (κ3) is 2.21. The first kappa shape index (κ1) is 12.4. The van der Waals surface area contributed by atoms with Crippen molar-refractivity contribution >= 4 is 5.91 Å². The number of rotatable bonds is 2. The lowest BCUT2D eigenvalue weighted by Gasteiger charge is -2.44. The second-order valence-electron chi connectivity index (χ2n) is 3.49. The zero-order valence-electron chi connectivity index (χ0n) is 9.40. The standard InChI is InChI=1S/C8H16N2O.C2H6/c1-6(2)8(4-10-5-8)7(11)9-3;1-2/h6,10H,4-5H2,1-3H3,(H,9,11);1-2H3. The Morgan fingerprint density at radius 3 is 1.92 bits per heavy atom. The van der Waals surface area contributed by atoms with Crippen molar-refractivity contribution < 1.29 is 4.79 Å². The SMILES string of the molecule is CC.CNC(=O)C1(C(C)C)CNC1. The highest BCUT2D eigenvalue weighted by Gasteiger charge is 2.46. The number of hydrogen-bond acceptors (Lipinski definition) is 2. The zero-order valence-corrected chi connectivity index (χ0v) is 9.40. The maximum atomic E-state index is 11.4. The second kappa shape index (κ2) is 5.22. The van der Waals surface area contributed by atoms with Gasteiger partial charge in [0.15, 0.2) is 0 Å². The minimum Gasteiger partial charge on any atom is -0.359 e. The predicted octanol–water partition coefficient (Wildman–Crippen LogP) is 1.00. The summed E-state index contributed by atoms with van der Waals surface area (Å²) in [6, 6.07) is 0. The molecule has 1 saturated heterocycles. The molecule has 78 valence electrons. The van der Waals surface area contributed by atoms with Crippen molar-refractivity contribution in [2.45, 2.75) is 27.7 Å². The van der Waals surface area contributed by atoms with E-state index < -0.39 is 0 Å². The third-order valence-corrected chi connectivity index (χ3v) is 2.67. The first-order valence-electron chi connectivity index (χ1n) is 5.06. The molecular formula is C10H22N2O. The molecule has 0 unspecified atom stereocenters. The Morgan fingerprint density at radius 1 is 1.38 bits per heavy atom. The normalized spacial score (nSPS) is 18.3. The summed E-state index contributed by atoms with van der Waals surface area (Å²) in [5.74, 6) is 0.593. The van der Waals surface area contributed by atoms with Gasteiger partial charge in [0, 0.05) is 20.1 Å². The number of hydrogen-bond donors (Lipinski definition) is 2. The molecule has 0 atom stereocenters. The van der Waals surface area contributed by atoms with Gasteiger partial charge in [-0.15, -0.1) is 0 Å². The molecule has 2 N–H and O–H groups in total. The molecule has 1 aliphatic heterocycles. The molecule has 1 amide bonds. The molecule has 1 rings (SSSR count). The van der Waals surface area contributed by atoms with Gasteiger partial charge in [-0.3, -0.25) is 4.79 Å². The molecule has 1 heterocycles. The fraction of sp³-hybridized carbons (Fsp3) is 0.900. The van der Waals surface area contributed by atoms with E-state index in [9.17, 15) is 4.79 Å². The van der Waals surface area contributed by atoms with E-state index in [1.165, 1.54) is 0 Å². The van der Waals surface area contributed by atoms with Crippen molar-refractivity contribution in [3.05, 3.63) is 0 Å². The lowest BCUT2D eigenvalue weighted by molar-refractivity contribution is -0.136. The fourth-order valence-electron chi connectivity index (χ4n) is 1.47. The molecule has 1 aliphatic rings. The van der Waals surface area contributed by atoms with Gasteiger partial charge < -0.3 is 10.6 Å². The highest BCUT2D eigenvalue weighted by Crippen LogP contribution is 2.31. The Kier molecular flexibility index (Phi) is 4.99. The van der Waals surface area contributed by atoms with E-state index >= 15 is 0 Å². The van der Waals surface area contributed by atoms with Crippen molar-refractivity contribution in [2.75, 3.05) is 20.1 Å². The van der Waals surface area contributed by atoms with E-state index in [1.54, 1.807) is 7.05 Å². The summed E-state index contributed by atoms with van der Waals surface area (Å²) in [7, 11) is 1.70. The van der Waals surface area contributed by atoms with E-state index in [4.69, 9.17) is 0 Å². The van der Waals surface area contributed by atoms with Crippen LogP contribution in [0, 0.1) is 11.3 Å². The molecule has 0 aliphatic carbocycles.